The molecule has 0 spiro atoms. The van der Waals surface area contributed by atoms with Gasteiger partial charge in [-0.15, -0.1) is 6.58 Å². The van der Waals surface area contributed by atoms with Crippen molar-refractivity contribution in [1.82, 2.24) is 5.32 Å². The number of carbonyl (C=O) groups excluding carboxylic acids is 3. The molecule has 0 saturated carbocycles. The first kappa shape index (κ1) is 27.0. The van der Waals surface area contributed by atoms with Gasteiger partial charge in [-0.3, -0.25) is 14.9 Å². The number of benzene rings is 3. The third kappa shape index (κ3) is 5.59. The molecule has 0 aliphatic carbocycles. The van der Waals surface area contributed by atoms with Gasteiger partial charge in [-0.25, -0.2) is 9.69 Å². The first-order valence-corrected chi connectivity index (χ1v) is 12.3. The van der Waals surface area contributed by atoms with E-state index in [1.165, 1.54) is 13.2 Å². The smallest absolute Gasteiger partial charge is 0.335 e. The maximum absolute atomic E-state index is 13.3. The number of amides is 4. The Bertz CT molecular complexity index is 1480. The largest absolute Gasteiger partial charge is 0.493 e. The van der Waals surface area contributed by atoms with Crippen LogP contribution in [0.15, 0.2) is 72.8 Å². The first-order chi connectivity index (χ1) is 18.2. The highest BCUT2D eigenvalue weighted by Crippen LogP contribution is 2.36. The molecule has 0 atom stereocenters. The van der Waals surface area contributed by atoms with Crippen LogP contribution in [0, 0.1) is 6.92 Å². The van der Waals surface area contributed by atoms with Crippen molar-refractivity contribution < 1.29 is 23.9 Å². The molecule has 1 N–H and O–H groups in total. The average molecular weight is 551 g/mol. The van der Waals surface area contributed by atoms with Crippen LogP contribution in [-0.4, -0.2) is 25.0 Å². The molecule has 0 radical (unpaired) electrons. The lowest BCUT2D eigenvalue weighted by Crippen LogP contribution is -2.54. The molecule has 4 amide bonds. The van der Waals surface area contributed by atoms with Crippen LogP contribution < -0.4 is 19.7 Å². The van der Waals surface area contributed by atoms with Gasteiger partial charge in [-0.1, -0.05) is 53.5 Å². The zero-order valence-electron chi connectivity index (χ0n) is 20.7. The predicted octanol–water partition coefficient (Wildman–Crippen LogP) is 6.28. The van der Waals surface area contributed by atoms with Gasteiger partial charge in [0.2, 0.25) is 0 Å². The van der Waals surface area contributed by atoms with Gasteiger partial charge in [-0.05, 0) is 60.9 Å². The molecule has 194 valence electrons. The number of allylic oxidation sites excluding steroid dienone is 1. The zero-order chi connectivity index (χ0) is 27.4. The standard InChI is InChI=1S/C29H24Cl2N2O5/c1-4-7-19-12-18(14-25(37-3)26(19)38-16-20-10-11-21(30)15-23(20)31)13-22-27(34)32-29(36)33(28(22)35)24-9-6-5-8-17(24)2/h4-6,8-15H,1,7,16H2,2-3H3,(H,32,34,36)/b22-13+. The van der Waals surface area contributed by atoms with Gasteiger partial charge in [0.1, 0.15) is 12.2 Å². The number of imide groups is 2. The highest BCUT2D eigenvalue weighted by molar-refractivity contribution is 6.39. The quantitative estimate of drug-likeness (QED) is 0.202. The maximum atomic E-state index is 13.3. The van der Waals surface area contributed by atoms with Gasteiger partial charge in [-0.2, -0.15) is 0 Å². The number of ether oxygens (including phenoxy) is 2. The minimum atomic E-state index is -0.805. The SMILES string of the molecule is C=CCc1cc(/C=C2\C(=O)NC(=O)N(c3ccccc3C)C2=O)cc(OC)c1OCc1ccc(Cl)cc1Cl. The van der Waals surface area contributed by atoms with E-state index >= 15 is 0 Å². The third-order valence-corrected chi connectivity index (χ3v) is 6.48. The summed E-state index contributed by atoms with van der Waals surface area (Å²) in [5.41, 5.74) is 2.87. The Labute approximate surface area is 230 Å². The van der Waals surface area contributed by atoms with Crippen molar-refractivity contribution in [3.63, 3.8) is 0 Å². The number of hydrogen-bond acceptors (Lipinski definition) is 5. The van der Waals surface area contributed by atoms with Crippen molar-refractivity contribution >= 4 is 52.8 Å². The van der Waals surface area contributed by atoms with Gasteiger partial charge >= 0.3 is 6.03 Å². The van der Waals surface area contributed by atoms with Crippen molar-refractivity contribution in [1.29, 1.82) is 0 Å². The Kier molecular flexibility index (Phi) is 8.20. The molecule has 4 rings (SSSR count). The summed E-state index contributed by atoms with van der Waals surface area (Å²) < 4.78 is 11.7. The van der Waals surface area contributed by atoms with Crippen molar-refractivity contribution in [2.75, 3.05) is 12.0 Å². The number of aryl methyl sites for hydroxylation is 1. The van der Waals surface area contributed by atoms with Crippen LogP contribution in [0.4, 0.5) is 10.5 Å². The number of hydrogen-bond donors (Lipinski definition) is 1. The van der Waals surface area contributed by atoms with E-state index in [1.807, 2.05) is 0 Å². The van der Waals surface area contributed by atoms with Crippen LogP contribution in [0.3, 0.4) is 0 Å². The van der Waals surface area contributed by atoms with Crippen LogP contribution in [0.1, 0.15) is 22.3 Å². The molecule has 1 heterocycles. The predicted molar refractivity (Wildman–Crippen MR) is 148 cm³/mol. The molecule has 3 aromatic rings. The van der Waals surface area contributed by atoms with E-state index in [0.717, 1.165) is 10.5 Å². The Morgan fingerprint density at radius 2 is 1.79 bits per heavy atom. The van der Waals surface area contributed by atoms with Crippen LogP contribution >= 0.6 is 23.2 Å². The second-order valence-electron chi connectivity index (χ2n) is 8.47. The summed E-state index contributed by atoms with van der Waals surface area (Å²) in [6, 6.07) is 14.7. The molecule has 7 nitrogen and oxygen atoms in total. The van der Waals surface area contributed by atoms with Gasteiger partial charge < -0.3 is 9.47 Å². The summed E-state index contributed by atoms with van der Waals surface area (Å²) in [5.74, 6) is -0.657. The molecule has 9 heteroatoms. The van der Waals surface area contributed by atoms with Crippen LogP contribution in [0.2, 0.25) is 10.0 Å². The second-order valence-corrected chi connectivity index (χ2v) is 9.32. The third-order valence-electron chi connectivity index (χ3n) is 5.89. The fourth-order valence-corrected chi connectivity index (χ4v) is 4.50. The van der Waals surface area contributed by atoms with Crippen LogP contribution in [0.25, 0.3) is 6.08 Å². The Morgan fingerprint density at radius 1 is 1.03 bits per heavy atom. The lowest BCUT2D eigenvalue weighted by atomic mass is 10.0. The molecule has 1 saturated heterocycles. The lowest BCUT2D eigenvalue weighted by Gasteiger charge is -2.27. The molecular weight excluding hydrogens is 527 g/mol. The number of carbonyl (C=O) groups is 3. The molecule has 1 aliphatic rings. The van der Waals surface area contributed by atoms with Crippen molar-refractivity contribution in [3.8, 4) is 11.5 Å². The lowest BCUT2D eigenvalue weighted by molar-refractivity contribution is -0.122. The van der Waals surface area contributed by atoms with E-state index in [4.69, 9.17) is 32.7 Å². The second kappa shape index (κ2) is 11.5. The summed E-state index contributed by atoms with van der Waals surface area (Å²) in [6.45, 7) is 5.75. The van der Waals surface area contributed by atoms with Crippen LogP contribution in [0.5, 0.6) is 11.5 Å². The Morgan fingerprint density at radius 3 is 2.47 bits per heavy atom. The van der Waals surface area contributed by atoms with Gasteiger partial charge in [0.05, 0.1) is 12.8 Å². The van der Waals surface area contributed by atoms with Gasteiger partial charge in [0.15, 0.2) is 11.5 Å². The van der Waals surface area contributed by atoms with Crippen molar-refractivity contribution in [2.24, 2.45) is 0 Å². The first-order valence-electron chi connectivity index (χ1n) is 11.6. The molecule has 1 aliphatic heterocycles. The summed E-state index contributed by atoms with van der Waals surface area (Å²) in [7, 11) is 1.49. The molecule has 0 aromatic heterocycles. The fraction of sp³-hybridized carbons (Fsp3) is 0.138. The zero-order valence-corrected chi connectivity index (χ0v) is 22.2. The number of halogens is 2. The number of urea groups is 1. The number of methoxy groups -OCH3 is 1. The average Bonchev–Trinajstić information content (AvgIpc) is 2.87. The molecule has 38 heavy (non-hydrogen) atoms. The number of nitrogens with one attached hydrogen (secondary N) is 1. The highest BCUT2D eigenvalue weighted by atomic mass is 35.5. The number of nitrogens with zero attached hydrogens (tertiary/aromatic N) is 1. The van der Waals surface area contributed by atoms with E-state index in [9.17, 15) is 14.4 Å². The molecule has 0 unspecified atom stereocenters. The van der Waals surface area contributed by atoms with E-state index in [1.54, 1.807) is 67.6 Å². The van der Waals surface area contributed by atoms with E-state index in [-0.39, 0.29) is 12.2 Å². The minimum Gasteiger partial charge on any atom is -0.493 e. The van der Waals surface area contributed by atoms with Crippen LogP contribution in [-0.2, 0) is 22.6 Å². The monoisotopic (exact) mass is 550 g/mol. The number of anilines is 1. The molecule has 0 bridgehead atoms. The number of barbiturate groups is 1. The van der Waals surface area contributed by atoms with Crippen molar-refractivity contribution in [2.45, 2.75) is 20.0 Å². The maximum Gasteiger partial charge on any atom is 0.335 e. The number of para-hydroxylation sites is 1. The van der Waals surface area contributed by atoms with Gasteiger partial charge in [0.25, 0.3) is 11.8 Å². The topological polar surface area (TPSA) is 84.9 Å². The van der Waals surface area contributed by atoms with E-state index < -0.39 is 17.8 Å². The molecular formula is C29H24Cl2N2O5. The Balaban J connectivity index is 1.71. The summed E-state index contributed by atoms with van der Waals surface area (Å²) in [6.07, 6.45) is 3.54. The normalized spacial score (nSPS) is 14.5. The molecule has 1 fully saturated rings. The van der Waals surface area contributed by atoms with E-state index in [2.05, 4.69) is 11.9 Å². The number of rotatable bonds is 8. The minimum absolute atomic E-state index is 0.158. The summed E-state index contributed by atoms with van der Waals surface area (Å²) in [5, 5.41) is 3.24. The summed E-state index contributed by atoms with van der Waals surface area (Å²) in [4.78, 5) is 39.5. The Hall–Kier alpha value is -4.07. The fourth-order valence-electron chi connectivity index (χ4n) is 4.04. The van der Waals surface area contributed by atoms with Gasteiger partial charge in [0, 0.05) is 21.2 Å². The van der Waals surface area contributed by atoms with E-state index in [0.29, 0.717) is 50.3 Å². The molecule has 3 aromatic carbocycles. The summed E-state index contributed by atoms with van der Waals surface area (Å²) >= 11 is 12.3. The highest BCUT2D eigenvalue weighted by Gasteiger charge is 2.37. The van der Waals surface area contributed by atoms with Crippen molar-refractivity contribution in [3.05, 3.63) is 105 Å².